The summed E-state index contributed by atoms with van der Waals surface area (Å²) in [7, 11) is 0. The number of hydrogen-bond donors (Lipinski definition) is 1. The maximum absolute atomic E-state index is 12.5. The van der Waals surface area contributed by atoms with Crippen molar-refractivity contribution in [3.63, 3.8) is 0 Å². The molecular weight excluding hydrogens is 506 g/mol. The molecule has 4 aromatic rings. The third kappa shape index (κ3) is 7.11. The minimum absolute atomic E-state index is 0.0932. The minimum atomic E-state index is -0.722. The second-order valence-electron chi connectivity index (χ2n) is 7.70. The van der Waals surface area contributed by atoms with Crippen molar-refractivity contribution in [3.8, 4) is 11.5 Å². The van der Waals surface area contributed by atoms with Gasteiger partial charge in [0.25, 0.3) is 5.69 Å². The van der Waals surface area contributed by atoms with Crippen molar-refractivity contribution in [3.05, 3.63) is 130 Å². The van der Waals surface area contributed by atoms with Crippen LogP contribution < -0.4 is 14.9 Å². The number of rotatable bonds is 9. The molecule has 3 aromatic carbocycles. The maximum Gasteiger partial charge on any atom is 0.343 e. The number of para-hydroxylation sites is 2. The summed E-state index contributed by atoms with van der Waals surface area (Å²) in [4.78, 5) is 47.2. The number of hydrogen-bond acceptors (Lipinski definition) is 9. The van der Waals surface area contributed by atoms with E-state index in [1.807, 2.05) is 0 Å². The first-order valence-corrected chi connectivity index (χ1v) is 11.3. The molecule has 0 saturated carbocycles. The summed E-state index contributed by atoms with van der Waals surface area (Å²) in [6.07, 6.45) is 5.26. The van der Waals surface area contributed by atoms with Gasteiger partial charge in [0.2, 0.25) is 0 Å². The Kier molecular flexibility index (Phi) is 8.35. The minimum Gasteiger partial charge on any atom is -0.459 e. The predicted molar refractivity (Wildman–Crippen MR) is 139 cm³/mol. The Balaban J connectivity index is 1.40. The van der Waals surface area contributed by atoms with Gasteiger partial charge < -0.3 is 13.9 Å². The molecule has 0 atom stereocenters. The van der Waals surface area contributed by atoms with E-state index in [0.717, 1.165) is 6.08 Å². The van der Waals surface area contributed by atoms with Crippen molar-refractivity contribution in [1.29, 1.82) is 0 Å². The normalized spacial score (nSPS) is 10.9. The first-order valence-electron chi connectivity index (χ1n) is 11.3. The third-order valence-electron chi connectivity index (χ3n) is 5.08. The summed E-state index contributed by atoms with van der Waals surface area (Å²) in [5.74, 6) is -1.52. The van der Waals surface area contributed by atoms with Crippen molar-refractivity contribution >= 4 is 35.8 Å². The van der Waals surface area contributed by atoms with E-state index in [0.29, 0.717) is 11.1 Å². The highest BCUT2D eigenvalue weighted by molar-refractivity contribution is 5.94. The zero-order valence-corrected chi connectivity index (χ0v) is 20.1. The summed E-state index contributed by atoms with van der Waals surface area (Å²) >= 11 is 0. The molecule has 11 heteroatoms. The van der Waals surface area contributed by atoms with Crippen LogP contribution in [0.3, 0.4) is 0 Å². The Bertz CT molecular complexity index is 1560. The third-order valence-corrected chi connectivity index (χ3v) is 5.08. The number of amides is 1. The lowest BCUT2D eigenvalue weighted by molar-refractivity contribution is -0.384. The van der Waals surface area contributed by atoms with Crippen LogP contribution in [0.2, 0.25) is 0 Å². The fraction of sp³-hybridized carbons (Fsp3) is 0. The molecule has 4 rings (SSSR count). The highest BCUT2D eigenvalue weighted by atomic mass is 16.6. The molecule has 0 unspecified atom stereocenters. The van der Waals surface area contributed by atoms with Crippen molar-refractivity contribution in [2.75, 3.05) is 0 Å². The van der Waals surface area contributed by atoms with Gasteiger partial charge >= 0.3 is 17.8 Å². The molecule has 194 valence electrons. The van der Waals surface area contributed by atoms with Crippen LogP contribution in [0.1, 0.15) is 32.0 Å². The van der Waals surface area contributed by atoms with E-state index >= 15 is 0 Å². The molecule has 0 spiro atoms. The molecule has 0 fully saturated rings. The van der Waals surface area contributed by atoms with Crippen molar-refractivity contribution < 1.29 is 33.2 Å². The van der Waals surface area contributed by atoms with Gasteiger partial charge in [-0.1, -0.05) is 30.3 Å². The summed E-state index contributed by atoms with van der Waals surface area (Å²) < 4.78 is 15.8. The molecule has 1 heterocycles. The molecule has 0 saturated heterocycles. The number of ether oxygens (including phenoxy) is 2. The Morgan fingerprint density at radius 2 is 1.51 bits per heavy atom. The molecule has 0 radical (unpaired) electrons. The van der Waals surface area contributed by atoms with Crippen molar-refractivity contribution in [2.24, 2.45) is 5.10 Å². The van der Waals surface area contributed by atoms with Crippen LogP contribution in [0.15, 0.2) is 107 Å². The van der Waals surface area contributed by atoms with Crippen LogP contribution in [-0.2, 0) is 4.79 Å². The van der Waals surface area contributed by atoms with Crippen LogP contribution >= 0.6 is 0 Å². The summed E-state index contributed by atoms with van der Waals surface area (Å²) in [6, 6.07) is 21.1. The Hall–Kier alpha value is -5.84. The quantitative estimate of drug-likeness (QED) is 0.0818. The Morgan fingerprint density at radius 3 is 2.18 bits per heavy atom. The smallest absolute Gasteiger partial charge is 0.343 e. The first kappa shape index (κ1) is 26.2. The molecular formula is C28H19N3O8. The van der Waals surface area contributed by atoms with Crippen LogP contribution in [0.25, 0.3) is 6.08 Å². The number of nitro groups is 1. The van der Waals surface area contributed by atoms with Gasteiger partial charge in [-0.05, 0) is 48.5 Å². The van der Waals surface area contributed by atoms with Crippen LogP contribution in [0.5, 0.6) is 11.5 Å². The van der Waals surface area contributed by atoms with Crippen LogP contribution in [-0.4, -0.2) is 29.0 Å². The number of carbonyl (C=O) groups excluding carboxylic acids is 3. The standard InChI is InChI=1S/C28H19N3O8/c32-26(38-24-9-4-2-7-21(24)18-29-30-27(33)25-10-5-17-37-25)16-13-19-6-1-3-8-23(19)39-28(34)20-11-14-22(15-12-20)31(35)36/h1-18H,(H,30,33)/b16-13+,29-18+. The van der Waals surface area contributed by atoms with Gasteiger partial charge in [0.05, 0.1) is 23.0 Å². The van der Waals surface area contributed by atoms with Gasteiger partial charge in [0, 0.05) is 29.3 Å². The van der Waals surface area contributed by atoms with E-state index < -0.39 is 22.8 Å². The number of esters is 2. The predicted octanol–water partition coefficient (Wildman–Crippen LogP) is 4.79. The average Bonchev–Trinajstić information content (AvgIpc) is 3.49. The molecule has 0 bridgehead atoms. The zero-order valence-electron chi connectivity index (χ0n) is 20.1. The second-order valence-corrected chi connectivity index (χ2v) is 7.70. The highest BCUT2D eigenvalue weighted by Crippen LogP contribution is 2.22. The summed E-state index contributed by atoms with van der Waals surface area (Å²) in [6.45, 7) is 0. The van der Waals surface area contributed by atoms with E-state index in [1.165, 1.54) is 55.0 Å². The second kappa shape index (κ2) is 12.4. The molecule has 11 nitrogen and oxygen atoms in total. The molecule has 0 aliphatic carbocycles. The molecule has 1 aromatic heterocycles. The number of carbonyl (C=O) groups is 3. The molecule has 0 aliphatic rings. The van der Waals surface area contributed by atoms with E-state index in [4.69, 9.17) is 13.9 Å². The van der Waals surface area contributed by atoms with Gasteiger partial charge in [0.1, 0.15) is 11.5 Å². The van der Waals surface area contributed by atoms with Crippen molar-refractivity contribution in [1.82, 2.24) is 5.43 Å². The van der Waals surface area contributed by atoms with Gasteiger partial charge in [-0.25, -0.2) is 15.0 Å². The summed E-state index contributed by atoms with van der Waals surface area (Å²) in [5, 5.41) is 14.7. The van der Waals surface area contributed by atoms with Crippen molar-refractivity contribution in [2.45, 2.75) is 0 Å². The van der Waals surface area contributed by atoms with E-state index in [2.05, 4.69) is 10.5 Å². The van der Waals surface area contributed by atoms with Crippen LogP contribution in [0, 0.1) is 10.1 Å². The molecule has 1 N–H and O–H groups in total. The largest absolute Gasteiger partial charge is 0.459 e. The van der Waals surface area contributed by atoms with E-state index in [-0.39, 0.29) is 28.5 Å². The number of furan rings is 1. The van der Waals surface area contributed by atoms with Crippen LogP contribution in [0.4, 0.5) is 5.69 Å². The van der Waals surface area contributed by atoms with E-state index in [1.54, 1.807) is 48.5 Å². The number of benzene rings is 3. The van der Waals surface area contributed by atoms with Gasteiger partial charge in [-0.15, -0.1) is 0 Å². The fourth-order valence-electron chi connectivity index (χ4n) is 3.19. The maximum atomic E-state index is 12.5. The molecule has 1 amide bonds. The summed E-state index contributed by atoms with van der Waals surface area (Å²) in [5.41, 5.74) is 3.13. The lowest BCUT2D eigenvalue weighted by Crippen LogP contribution is -2.16. The molecule has 39 heavy (non-hydrogen) atoms. The lowest BCUT2D eigenvalue weighted by atomic mass is 10.1. The SMILES string of the molecule is O=C(/C=C/c1ccccc1OC(=O)c1ccc([N+](=O)[O-])cc1)Oc1ccccc1/C=N/NC(=O)c1ccco1. The highest BCUT2D eigenvalue weighted by Gasteiger charge is 2.13. The Morgan fingerprint density at radius 1 is 0.846 bits per heavy atom. The van der Waals surface area contributed by atoms with Gasteiger partial charge in [0.15, 0.2) is 5.76 Å². The fourth-order valence-corrected chi connectivity index (χ4v) is 3.19. The first-order chi connectivity index (χ1) is 18.9. The average molecular weight is 525 g/mol. The van der Waals surface area contributed by atoms with Gasteiger partial charge in [-0.3, -0.25) is 14.9 Å². The number of nitro benzene ring substituents is 1. The molecule has 0 aliphatic heterocycles. The number of nitrogens with zero attached hydrogens (tertiary/aromatic N) is 2. The number of nitrogens with one attached hydrogen (secondary N) is 1. The number of non-ortho nitro benzene ring substituents is 1. The zero-order chi connectivity index (χ0) is 27.6. The Labute approximate surface area is 221 Å². The van der Waals surface area contributed by atoms with E-state index in [9.17, 15) is 24.5 Å². The topological polar surface area (TPSA) is 150 Å². The number of hydrazone groups is 1. The van der Waals surface area contributed by atoms with Gasteiger partial charge in [-0.2, -0.15) is 5.10 Å². The lowest BCUT2D eigenvalue weighted by Gasteiger charge is -2.08. The monoisotopic (exact) mass is 525 g/mol.